The van der Waals surface area contributed by atoms with Gasteiger partial charge < -0.3 is 13.9 Å². The Bertz CT molecular complexity index is 1080. The summed E-state index contributed by atoms with van der Waals surface area (Å²) >= 11 is 0. The normalized spacial score (nSPS) is 19.4. The first kappa shape index (κ1) is 15.6. The molecule has 0 N–H and O–H groups in total. The third-order valence-electron chi connectivity index (χ3n) is 4.76. The van der Waals surface area contributed by atoms with Gasteiger partial charge in [0.05, 0.1) is 24.2 Å². The Labute approximate surface area is 154 Å². The zero-order valence-corrected chi connectivity index (χ0v) is 14.2. The maximum atomic E-state index is 12.8. The highest BCUT2D eigenvalue weighted by Gasteiger charge is 2.39. The average molecular weight is 358 g/mol. The van der Waals surface area contributed by atoms with Crippen molar-refractivity contribution in [3.05, 3.63) is 89.1 Å². The minimum Gasteiger partial charge on any atom is -0.469 e. The molecule has 0 fully saturated rings. The lowest BCUT2D eigenvalue weighted by atomic mass is 9.88. The number of ketones is 1. The number of hydrogen-bond donors (Lipinski definition) is 0. The third kappa shape index (κ3) is 2.56. The van der Waals surface area contributed by atoms with Gasteiger partial charge in [0.1, 0.15) is 17.3 Å². The second kappa shape index (κ2) is 5.99. The summed E-state index contributed by atoms with van der Waals surface area (Å²) in [4.78, 5) is 24.8. The molecule has 0 saturated carbocycles. The second-order valence-corrected chi connectivity index (χ2v) is 6.45. The van der Waals surface area contributed by atoms with Gasteiger partial charge in [0, 0.05) is 5.56 Å². The zero-order valence-electron chi connectivity index (χ0n) is 14.2. The molecule has 0 spiro atoms. The van der Waals surface area contributed by atoms with Crippen molar-refractivity contribution in [2.75, 3.05) is 0 Å². The van der Waals surface area contributed by atoms with Crippen molar-refractivity contribution in [1.82, 2.24) is 0 Å². The van der Waals surface area contributed by atoms with Crippen LogP contribution in [0.4, 0.5) is 0 Å². The zero-order chi connectivity index (χ0) is 18.4. The van der Waals surface area contributed by atoms with E-state index >= 15 is 0 Å². The lowest BCUT2D eigenvalue weighted by Crippen LogP contribution is -2.21. The molecule has 2 aromatic carbocycles. The van der Waals surface area contributed by atoms with Gasteiger partial charge in [-0.3, -0.25) is 9.59 Å². The first-order chi connectivity index (χ1) is 13.2. The van der Waals surface area contributed by atoms with Crippen LogP contribution in [0.5, 0.6) is 11.5 Å². The van der Waals surface area contributed by atoms with Crippen molar-refractivity contribution in [2.24, 2.45) is 0 Å². The van der Waals surface area contributed by atoms with E-state index in [0.29, 0.717) is 28.4 Å². The average Bonchev–Trinajstić information content (AvgIpc) is 3.31. The Morgan fingerprint density at radius 2 is 1.78 bits per heavy atom. The molecule has 2 aliphatic rings. The van der Waals surface area contributed by atoms with Crippen LogP contribution in [0.25, 0.3) is 6.08 Å². The van der Waals surface area contributed by atoms with Crippen LogP contribution in [0.1, 0.15) is 39.6 Å². The van der Waals surface area contributed by atoms with Crippen molar-refractivity contribution in [3.63, 3.8) is 0 Å². The number of allylic oxidation sites excluding steroid dienone is 1. The standard InChI is InChI=1S/C22H14O5/c23-19-12-15(16-7-4-10-25-16)20-17(26-19)9-8-14-21(24)18(27-22(14)20)11-13-5-2-1-3-6-13/h1-11,15H,12H2/b18-11-. The van der Waals surface area contributed by atoms with Crippen LogP contribution in [-0.4, -0.2) is 11.8 Å². The van der Waals surface area contributed by atoms with E-state index < -0.39 is 0 Å². The summed E-state index contributed by atoms with van der Waals surface area (Å²) in [6.45, 7) is 0. The predicted octanol–water partition coefficient (Wildman–Crippen LogP) is 4.34. The molecule has 0 saturated heterocycles. The minimum atomic E-state index is -0.352. The van der Waals surface area contributed by atoms with Crippen LogP contribution in [0.3, 0.4) is 0 Å². The Morgan fingerprint density at radius 3 is 2.56 bits per heavy atom. The van der Waals surface area contributed by atoms with Gasteiger partial charge in [0.2, 0.25) is 5.78 Å². The van der Waals surface area contributed by atoms with Crippen molar-refractivity contribution in [3.8, 4) is 11.5 Å². The highest BCUT2D eigenvalue weighted by molar-refractivity contribution is 6.15. The first-order valence-electron chi connectivity index (χ1n) is 8.61. The quantitative estimate of drug-likeness (QED) is 0.387. The molecular formula is C22H14O5. The number of esters is 1. The van der Waals surface area contributed by atoms with Crippen LogP contribution in [0, 0.1) is 0 Å². The lowest BCUT2D eigenvalue weighted by molar-refractivity contribution is -0.135. The largest absolute Gasteiger partial charge is 0.469 e. The molecule has 2 aliphatic heterocycles. The number of ether oxygens (including phenoxy) is 2. The smallest absolute Gasteiger partial charge is 0.312 e. The summed E-state index contributed by atoms with van der Waals surface area (Å²) in [6, 6.07) is 16.4. The molecule has 132 valence electrons. The fraction of sp³-hybridized carbons (Fsp3) is 0.0909. The molecule has 5 heteroatoms. The first-order valence-corrected chi connectivity index (χ1v) is 8.61. The van der Waals surface area contributed by atoms with Gasteiger partial charge in [0.15, 0.2) is 5.76 Å². The molecule has 0 radical (unpaired) electrons. The molecule has 3 heterocycles. The number of Topliss-reactive ketones (excluding diaryl/α,β-unsaturated/α-hetero) is 1. The monoisotopic (exact) mass is 358 g/mol. The highest BCUT2D eigenvalue weighted by atomic mass is 16.5. The summed E-state index contributed by atoms with van der Waals surface area (Å²) in [7, 11) is 0. The van der Waals surface area contributed by atoms with E-state index in [2.05, 4.69) is 0 Å². The maximum Gasteiger partial charge on any atom is 0.312 e. The maximum absolute atomic E-state index is 12.8. The number of carbonyl (C=O) groups excluding carboxylic acids is 2. The molecule has 0 aliphatic carbocycles. The molecule has 1 atom stereocenters. The number of hydrogen-bond acceptors (Lipinski definition) is 5. The summed E-state index contributed by atoms with van der Waals surface area (Å²) in [5.41, 5.74) is 2.01. The molecule has 1 unspecified atom stereocenters. The Hall–Kier alpha value is -3.60. The van der Waals surface area contributed by atoms with E-state index in [1.54, 1.807) is 30.5 Å². The van der Waals surface area contributed by atoms with Crippen molar-refractivity contribution in [1.29, 1.82) is 0 Å². The molecule has 5 rings (SSSR count). The van der Waals surface area contributed by atoms with E-state index in [4.69, 9.17) is 13.9 Å². The molecule has 1 aromatic heterocycles. The van der Waals surface area contributed by atoms with Crippen LogP contribution >= 0.6 is 0 Å². The van der Waals surface area contributed by atoms with Crippen LogP contribution in [0.15, 0.2) is 71.0 Å². The fourth-order valence-corrected chi connectivity index (χ4v) is 3.54. The summed E-state index contributed by atoms with van der Waals surface area (Å²) in [5, 5.41) is 0. The molecule has 0 bridgehead atoms. The molecule has 0 amide bonds. The number of fused-ring (bicyclic) bond motifs is 3. The summed E-state index contributed by atoms with van der Waals surface area (Å²) < 4.78 is 16.9. The van der Waals surface area contributed by atoms with E-state index in [1.807, 2.05) is 36.4 Å². The van der Waals surface area contributed by atoms with E-state index in [0.717, 1.165) is 5.56 Å². The van der Waals surface area contributed by atoms with Crippen molar-refractivity contribution in [2.45, 2.75) is 12.3 Å². The van der Waals surface area contributed by atoms with Gasteiger partial charge in [-0.05, 0) is 35.9 Å². The number of furan rings is 1. The van der Waals surface area contributed by atoms with Crippen LogP contribution in [0.2, 0.25) is 0 Å². The number of benzene rings is 2. The van der Waals surface area contributed by atoms with Gasteiger partial charge in [-0.2, -0.15) is 0 Å². The molecular weight excluding hydrogens is 344 g/mol. The Morgan fingerprint density at radius 1 is 0.926 bits per heavy atom. The second-order valence-electron chi connectivity index (χ2n) is 6.45. The Balaban J connectivity index is 1.63. The van der Waals surface area contributed by atoms with Crippen molar-refractivity contribution < 1.29 is 23.5 Å². The highest BCUT2D eigenvalue weighted by Crippen LogP contribution is 2.48. The number of rotatable bonds is 2. The number of carbonyl (C=O) groups is 2. The Kier molecular flexibility index (Phi) is 3.47. The molecule has 5 nitrogen and oxygen atoms in total. The topological polar surface area (TPSA) is 65.7 Å². The van der Waals surface area contributed by atoms with E-state index in [1.165, 1.54) is 0 Å². The van der Waals surface area contributed by atoms with E-state index in [-0.39, 0.29) is 29.9 Å². The fourth-order valence-electron chi connectivity index (χ4n) is 3.54. The van der Waals surface area contributed by atoms with Crippen molar-refractivity contribution >= 4 is 17.8 Å². The lowest BCUT2D eigenvalue weighted by Gasteiger charge is -2.24. The van der Waals surface area contributed by atoms with Gasteiger partial charge >= 0.3 is 5.97 Å². The SMILES string of the molecule is O=C1CC(c2ccco2)c2c(ccc3c2O/C(=C\c2ccccc2)C3=O)O1. The van der Waals surface area contributed by atoms with Gasteiger partial charge in [-0.25, -0.2) is 0 Å². The summed E-state index contributed by atoms with van der Waals surface area (Å²) in [6.07, 6.45) is 3.41. The van der Waals surface area contributed by atoms with E-state index in [9.17, 15) is 9.59 Å². The summed E-state index contributed by atoms with van der Waals surface area (Å²) in [5.74, 6) is 0.848. The van der Waals surface area contributed by atoms with Crippen LogP contribution in [-0.2, 0) is 4.79 Å². The molecule has 27 heavy (non-hydrogen) atoms. The minimum absolute atomic E-state index is 0.131. The van der Waals surface area contributed by atoms with Gasteiger partial charge in [-0.15, -0.1) is 0 Å². The van der Waals surface area contributed by atoms with Gasteiger partial charge in [-0.1, -0.05) is 30.3 Å². The van der Waals surface area contributed by atoms with Crippen LogP contribution < -0.4 is 9.47 Å². The predicted molar refractivity (Wildman–Crippen MR) is 96.6 cm³/mol. The molecule has 3 aromatic rings. The third-order valence-corrected chi connectivity index (χ3v) is 4.76. The van der Waals surface area contributed by atoms with Gasteiger partial charge in [0.25, 0.3) is 0 Å².